The Balaban J connectivity index is 2.26. The van der Waals surface area contributed by atoms with Crippen molar-refractivity contribution in [2.75, 3.05) is 20.3 Å². The maximum Gasteiger partial charge on any atom is 0.0897 e. The van der Waals surface area contributed by atoms with Crippen molar-refractivity contribution in [1.29, 1.82) is 0 Å². The first-order valence-electron chi connectivity index (χ1n) is 5.54. The zero-order valence-electron chi connectivity index (χ0n) is 10.2. The molecule has 1 rings (SSSR count). The van der Waals surface area contributed by atoms with Crippen LogP contribution in [0.25, 0.3) is 0 Å². The molecule has 0 radical (unpaired) electrons. The van der Waals surface area contributed by atoms with Crippen molar-refractivity contribution >= 4 is 0 Å². The number of methoxy groups -OCH3 is 1. The van der Waals surface area contributed by atoms with Crippen molar-refractivity contribution in [3.63, 3.8) is 0 Å². The van der Waals surface area contributed by atoms with Gasteiger partial charge in [-0.1, -0.05) is 0 Å². The van der Waals surface area contributed by atoms with E-state index in [1.54, 1.807) is 7.11 Å². The van der Waals surface area contributed by atoms with E-state index in [2.05, 4.69) is 24.3 Å². The molecule has 0 amide bonds. The molecule has 1 aromatic rings. The molecule has 0 aromatic carbocycles. The number of aliphatic hydroxyl groups is 1. The average molecular weight is 227 g/mol. The van der Waals surface area contributed by atoms with E-state index in [1.807, 2.05) is 17.1 Å². The van der Waals surface area contributed by atoms with E-state index in [-0.39, 0.29) is 0 Å². The van der Waals surface area contributed by atoms with Gasteiger partial charge in [0.2, 0.25) is 0 Å². The van der Waals surface area contributed by atoms with E-state index in [9.17, 15) is 5.11 Å². The smallest absolute Gasteiger partial charge is 0.0897 e. The molecule has 0 aliphatic heterocycles. The van der Waals surface area contributed by atoms with Crippen LogP contribution in [-0.2, 0) is 11.3 Å². The second-order valence-electron chi connectivity index (χ2n) is 4.16. The zero-order valence-corrected chi connectivity index (χ0v) is 10.2. The normalized spacial score (nSPS) is 13.3. The summed E-state index contributed by atoms with van der Waals surface area (Å²) in [5.41, 5.74) is 1.12. The Hall–Kier alpha value is -0.910. The molecule has 0 spiro atoms. The highest BCUT2D eigenvalue weighted by Gasteiger charge is 2.04. The fourth-order valence-electron chi connectivity index (χ4n) is 1.39. The Morgan fingerprint density at radius 1 is 1.56 bits per heavy atom. The Kier molecular flexibility index (Phi) is 5.45. The third-order valence-corrected chi connectivity index (χ3v) is 2.25. The quantitative estimate of drug-likeness (QED) is 0.714. The van der Waals surface area contributed by atoms with Crippen LogP contribution in [0.5, 0.6) is 0 Å². The lowest BCUT2D eigenvalue weighted by Gasteiger charge is -2.09. The standard InChI is InChI=1S/C11H21N3O2/c1-9(2)14-7-10(5-13-14)4-12-6-11(15)8-16-3/h5,7,9,11-12,15H,4,6,8H2,1-3H3. The van der Waals surface area contributed by atoms with Gasteiger partial charge < -0.3 is 15.2 Å². The molecule has 0 saturated carbocycles. The highest BCUT2D eigenvalue weighted by Crippen LogP contribution is 2.04. The molecule has 0 bridgehead atoms. The first-order chi connectivity index (χ1) is 7.63. The first kappa shape index (κ1) is 13.2. The molecule has 92 valence electrons. The number of ether oxygens (including phenoxy) is 1. The van der Waals surface area contributed by atoms with Gasteiger partial charge in [-0.15, -0.1) is 0 Å². The van der Waals surface area contributed by atoms with Crippen LogP contribution in [-0.4, -0.2) is 41.3 Å². The number of hydrogen-bond acceptors (Lipinski definition) is 4. The summed E-state index contributed by atoms with van der Waals surface area (Å²) in [6, 6.07) is 0.382. The molecule has 16 heavy (non-hydrogen) atoms. The molecule has 2 N–H and O–H groups in total. The fourth-order valence-corrected chi connectivity index (χ4v) is 1.39. The average Bonchev–Trinajstić information content (AvgIpc) is 2.67. The summed E-state index contributed by atoms with van der Waals surface area (Å²) in [7, 11) is 1.58. The molecule has 5 heteroatoms. The first-order valence-corrected chi connectivity index (χ1v) is 5.54. The minimum atomic E-state index is -0.454. The summed E-state index contributed by atoms with van der Waals surface area (Å²) < 4.78 is 6.75. The summed E-state index contributed by atoms with van der Waals surface area (Å²) in [4.78, 5) is 0. The predicted molar refractivity (Wildman–Crippen MR) is 62.2 cm³/mol. The fraction of sp³-hybridized carbons (Fsp3) is 0.727. The van der Waals surface area contributed by atoms with Crippen LogP contribution in [0.15, 0.2) is 12.4 Å². The van der Waals surface area contributed by atoms with E-state index >= 15 is 0 Å². The molecule has 1 heterocycles. The van der Waals surface area contributed by atoms with Crippen molar-refractivity contribution in [1.82, 2.24) is 15.1 Å². The Morgan fingerprint density at radius 2 is 2.31 bits per heavy atom. The van der Waals surface area contributed by atoms with Crippen LogP contribution < -0.4 is 5.32 Å². The van der Waals surface area contributed by atoms with Gasteiger partial charge in [-0.25, -0.2) is 0 Å². The van der Waals surface area contributed by atoms with Crippen LogP contribution in [0.2, 0.25) is 0 Å². The molecule has 1 aromatic heterocycles. The third kappa shape index (κ3) is 4.30. The van der Waals surface area contributed by atoms with Crippen LogP contribution >= 0.6 is 0 Å². The number of nitrogens with zero attached hydrogens (tertiary/aromatic N) is 2. The van der Waals surface area contributed by atoms with Gasteiger partial charge in [0.1, 0.15) is 0 Å². The lowest BCUT2D eigenvalue weighted by Crippen LogP contribution is -2.29. The van der Waals surface area contributed by atoms with Crippen LogP contribution in [0.1, 0.15) is 25.5 Å². The SMILES string of the molecule is COCC(O)CNCc1cnn(C(C)C)c1. The monoisotopic (exact) mass is 227 g/mol. The number of hydrogen-bond donors (Lipinski definition) is 2. The minimum absolute atomic E-state index is 0.359. The summed E-state index contributed by atoms with van der Waals surface area (Å²) in [6.07, 6.45) is 3.40. The zero-order chi connectivity index (χ0) is 12.0. The van der Waals surface area contributed by atoms with Gasteiger partial charge in [-0.3, -0.25) is 4.68 Å². The molecule has 0 aliphatic rings. The molecule has 1 atom stereocenters. The van der Waals surface area contributed by atoms with Gasteiger partial charge in [0.05, 0.1) is 18.9 Å². The van der Waals surface area contributed by atoms with Crippen molar-refractivity contribution in [3.8, 4) is 0 Å². The number of rotatable bonds is 7. The Labute approximate surface area is 96.4 Å². The van der Waals surface area contributed by atoms with Crippen molar-refractivity contribution < 1.29 is 9.84 Å². The van der Waals surface area contributed by atoms with Gasteiger partial charge in [0.15, 0.2) is 0 Å². The number of aromatic nitrogens is 2. The summed E-state index contributed by atoms with van der Waals surface area (Å²) in [5, 5.41) is 16.8. The van der Waals surface area contributed by atoms with Crippen molar-refractivity contribution in [3.05, 3.63) is 18.0 Å². The van der Waals surface area contributed by atoms with E-state index in [0.717, 1.165) is 5.56 Å². The number of nitrogens with one attached hydrogen (secondary N) is 1. The van der Waals surface area contributed by atoms with Crippen LogP contribution in [0, 0.1) is 0 Å². The van der Waals surface area contributed by atoms with Gasteiger partial charge in [0, 0.05) is 38.0 Å². The van der Waals surface area contributed by atoms with Crippen LogP contribution in [0.4, 0.5) is 0 Å². The molecule has 0 fully saturated rings. The van der Waals surface area contributed by atoms with E-state index < -0.39 is 6.10 Å². The van der Waals surface area contributed by atoms with Gasteiger partial charge >= 0.3 is 0 Å². The predicted octanol–water partition coefficient (Wildman–Crippen LogP) is 0.561. The van der Waals surface area contributed by atoms with E-state index in [4.69, 9.17) is 4.74 Å². The second-order valence-corrected chi connectivity index (χ2v) is 4.16. The second kappa shape index (κ2) is 6.62. The summed E-state index contributed by atoms with van der Waals surface area (Å²) >= 11 is 0. The highest BCUT2D eigenvalue weighted by atomic mass is 16.5. The Morgan fingerprint density at radius 3 is 2.88 bits per heavy atom. The lowest BCUT2D eigenvalue weighted by atomic mass is 10.3. The Bertz CT molecular complexity index is 299. The summed E-state index contributed by atoms with van der Waals surface area (Å²) in [6.45, 7) is 5.78. The maximum atomic E-state index is 9.41. The van der Waals surface area contributed by atoms with E-state index in [1.165, 1.54) is 0 Å². The molecule has 0 saturated heterocycles. The van der Waals surface area contributed by atoms with Crippen LogP contribution in [0.3, 0.4) is 0 Å². The van der Waals surface area contributed by atoms with Gasteiger partial charge in [0.25, 0.3) is 0 Å². The minimum Gasteiger partial charge on any atom is -0.389 e. The maximum absolute atomic E-state index is 9.41. The summed E-state index contributed by atoms with van der Waals surface area (Å²) in [5.74, 6) is 0. The third-order valence-electron chi connectivity index (χ3n) is 2.25. The van der Waals surface area contributed by atoms with Crippen molar-refractivity contribution in [2.24, 2.45) is 0 Å². The topological polar surface area (TPSA) is 59.3 Å². The lowest BCUT2D eigenvalue weighted by molar-refractivity contribution is 0.0644. The van der Waals surface area contributed by atoms with Crippen molar-refractivity contribution in [2.45, 2.75) is 32.5 Å². The molecular weight excluding hydrogens is 206 g/mol. The molecule has 5 nitrogen and oxygen atoms in total. The number of aliphatic hydroxyl groups excluding tert-OH is 1. The van der Waals surface area contributed by atoms with E-state index in [0.29, 0.717) is 25.7 Å². The molecular formula is C11H21N3O2. The highest BCUT2D eigenvalue weighted by molar-refractivity contribution is 5.03. The van der Waals surface area contributed by atoms with Gasteiger partial charge in [-0.2, -0.15) is 5.10 Å². The molecule has 0 aliphatic carbocycles. The van der Waals surface area contributed by atoms with Gasteiger partial charge in [-0.05, 0) is 13.8 Å². The molecule has 1 unspecified atom stereocenters. The largest absolute Gasteiger partial charge is 0.389 e.